The van der Waals surface area contributed by atoms with Gasteiger partial charge in [0.25, 0.3) is 0 Å². The molecule has 0 saturated heterocycles. The zero-order valence-electron chi connectivity index (χ0n) is 9.36. The van der Waals surface area contributed by atoms with E-state index in [-0.39, 0.29) is 0 Å². The smallest absolute Gasteiger partial charge is 0.108 e. The molecule has 0 spiro atoms. The van der Waals surface area contributed by atoms with Crippen LogP contribution in [-0.4, -0.2) is 22.8 Å². The topological polar surface area (TPSA) is 27.1 Å². The first-order valence-electron chi connectivity index (χ1n) is 5.31. The van der Waals surface area contributed by atoms with Gasteiger partial charge < -0.3 is 9.30 Å². The van der Waals surface area contributed by atoms with Crippen LogP contribution in [0.2, 0.25) is 0 Å². The molecule has 1 rings (SSSR count). The maximum Gasteiger partial charge on any atom is 0.108 e. The quantitative estimate of drug-likeness (QED) is 0.652. The molecule has 0 aliphatic rings. The molecule has 0 radical (unpaired) electrons. The van der Waals surface area contributed by atoms with E-state index < -0.39 is 0 Å². The molecule has 80 valence electrons. The van der Waals surface area contributed by atoms with E-state index in [4.69, 9.17) is 4.74 Å². The summed E-state index contributed by atoms with van der Waals surface area (Å²) in [6, 6.07) is 0. The Bertz CT molecular complexity index is 256. The molecular weight excluding hydrogens is 176 g/mol. The van der Waals surface area contributed by atoms with Crippen molar-refractivity contribution < 1.29 is 4.74 Å². The minimum absolute atomic E-state index is 0.614. The van der Waals surface area contributed by atoms with Gasteiger partial charge in [-0.25, -0.2) is 4.98 Å². The summed E-state index contributed by atoms with van der Waals surface area (Å²) in [6.07, 6.45) is 4.84. The van der Waals surface area contributed by atoms with Gasteiger partial charge in [-0.3, -0.25) is 0 Å². The highest BCUT2D eigenvalue weighted by Crippen LogP contribution is 1.99. The van der Waals surface area contributed by atoms with Crippen LogP contribution in [0.5, 0.6) is 0 Å². The summed E-state index contributed by atoms with van der Waals surface area (Å²) >= 11 is 0. The van der Waals surface area contributed by atoms with E-state index in [1.165, 1.54) is 0 Å². The van der Waals surface area contributed by atoms with Crippen LogP contribution in [0.25, 0.3) is 0 Å². The molecule has 0 aliphatic heterocycles. The molecule has 0 amide bonds. The molecule has 0 atom stereocenters. The Morgan fingerprint density at radius 3 is 2.93 bits per heavy atom. The average Bonchev–Trinajstić information content (AvgIpc) is 2.59. The highest BCUT2D eigenvalue weighted by atomic mass is 16.5. The third-order valence-electron chi connectivity index (χ3n) is 2.05. The van der Waals surface area contributed by atoms with Crippen molar-refractivity contribution in [3.63, 3.8) is 0 Å². The van der Waals surface area contributed by atoms with Crippen molar-refractivity contribution in [2.24, 2.45) is 5.92 Å². The van der Waals surface area contributed by atoms with Crippen LogP contribution in [0, 0.1) is 5.92 Å². The molecule has 0 fully saturated rings. The Balaban J connectivity index is 2.24. The van der Waals surface area contributed by atoms with Crippen molar-refractivity contribution in [1.29, 1.82) is 0 Å². The lowest BCUT2D eigenvalue weighted by molar-refractivity contribution is 0.103. The molecule has 1 heterocycles. The van der Waals surface area contributed by atoms with Crippen LogP contribution in [-0.2, 0) is 17.7 Å². The number of hydrogen-bond acceptors (Lipinski definition) is 2. The third kappa shape index (κ3) is 3.50. The monoisotopic (exact) mass is 196 g/mol. The Labute approximate surface area is 86.1 Å². The lowest BCUT2D eigenvalue weighted by Crippen LogP contribution is -2.10. The summed E-state index contributed by atoms with van der Waals surface area (Å²) < 4.78 is 7.67. The minimum atomic E-state index is 0.614. The van der Waals surface area contributed by atoms with Gasteiger partial charge in [0.05, 0.1) is 6.61 Å². The molecule has 0 aromatic carbocycles. The van der Waals surface area contributed by atoms with E-state index in [9.17, 15) is 0 Å². The predicted molar refractivity (Wildman–Crippen MR) is 57.3 cm³/mol. The van der Waals surface area contributed by atoms with Crippen LogP contribution in [0.1, 0.15) is 26.6 Å². The summed E-state index contributed by atoms with van der Waals surface area (Å²) in [5.74, 6) is 1.75. The van der Waals surface area contributed by atoms with Crippen molar-refractivity contribution in [1.82, 2.24) is 9.55 Å². The minimum Gasteiger partial charge on any atom is -0.379 e. The fourth-order valence-electron chi connectivity index (χ4n) is 1.34. The van der Waals surface area contributed by atoms with Gasteiger partial charge in [0, 0.05) is 32.0 Å². The van der Waals surface area contributed by atoms with Crippen LogP contribution >= 0.6 is 0 Å². The highest BCUT2D eigenvalue weighted by molar-refractivity contribution is 4.91. The number of hydrogen-bond donors (Lipinski definition) is 0. The van der Waals surface area contributed by atoms with Crippen molar-refractivity contribution >= 4 is 0 Å². The molecular formula is C11H20N2O. The summed E-state index contributed by atoms with van der Waals surface area (Å²) in [5.41, 5.74) is 0. The average molecular weight is 196 g/mol. The lowest BCUT2D eigenvalue weighted by atomic mass is 10.2. The van der Waals surface area contributed by atoms with E-state index in [1.54, 1.807) is 0 Å². The Morgan fingerprint density at radius 2 is 2.29 bits per heavy atom. The van der Waals surface area contributed by atoms with Gasteiger partial charge >= 0.3 is 0 Å². The van der Waals surface area contributed by atoms with Crippen molar-refractivity contribution in [3.8, 4) is 0 Å². The molecule has 3 heteroatoms. The summed E-state index contributed by atoms with van der Waals surface area (Å²) in [6.45, 7) is 8.98. The van der Waals surface area contributed by atoms with Gasteiger partial charge in [-0.15, -0.1) is 0 Å². The Hall–Kier alpha value is -0.830. The number of nitrogens with zero attached hydrogens (tertiary/aromatic N) is 2. The normalized spacial score (nSPS) is 11.1. The number of aromatic nitrogens is 2. The van der Waals surface area contributed by atoms with E-state index in [0.717, 1.165) is 32.0 Å². The Kier molecular flexibility index (Phi) is 4.66. The standard InChI is InChI=1S/C11H20N2O/c1-4-11-12-5-6-13(11)7-8-14-9-10(2)3/h5-6,10H,4,7-9H2,1-3H3. The highest BCUT2D eigenvalue weighted by Gasteiger charge is 1.99. The zero-order valence-corrected chi connectivity index (χ0v) is 9.36. The first kappa shape index (κ1) is 11.2. The molecule has 14 heavy (non-hydrogen) atoms. The molecule has 0 unspecified atom stereocenters. The van der Waals surface area contributed by atoms with Crippen LogP contribution in [0.15, 0.2) is 12.4 Å². The second-order valence-electron chi connectivity index (χ2n) is 3.86. The zero-order chi connectivity index (χ0) is 10.4. The molecule has 1 aromatic heterocycles. The predicted octanol–water partition coefficient (Wildman–Crippen LogP) is 2.12. The summed E-state index contributed by atoms with van der Waals surface area (Å²) in [7, 11) is 0. The van der Waals surface area contributed by atoms with E-state index in [1.807, 2.05) is 12.4 Å². The van der Waals surface area contributed by atoms with Crippen molar-refractivity contribution in [3.05, 3.63) is 18.2 Å². The van der Waals surface area contributed by atoms with Gasteiger partial charge in [0.2, 0.25) is 0 Å². The SMILES string of the molecule is CCc1nccn1CCOCC(C)C. The van der Waals surface area contributed by atoms with Crippen LogP contribution in [0.3, 0.4) is 0 Å². The molecule has 0 saturated carbocycles. The van der Waals surface area contributed by atoms with E-state index in [0.29, 0.717) is 5.92 Å². The van der Waals surface area contributed by atoms with Gasteiger partial charge in [0.15, 0.2) is 0 Å². The third-order valence-corrected chi connectivity index (χ3v) is 2.05. The maximum absolute atomic E-state index is 5.52. The lowest BCUT2D eigenvalue weighted by Gasteiger charge is -2.08. The molecule has 1 aromatic rings. The van der Waals surface area contributed by atoms with Crippen molar-refractivity contribution in [2.75, 3.05) is 13.2 Å². The number of aryl methyl sites for hydroxylation is 1. The van der Waals surface area contributed by atoms with Crippen LogP contribution in [0.4, 0.5) is 0 Å². The summed E-state index contributed by atoms with van der Waals surface area (Å²) in [4.78, 5) is 4.26. The second kappa shape index (κ2) is 5.81. The second-order valence-corrected chi connectivity index (χ2v) is 3.86. The maximum atomic E-state index is 5.52. The fourth-order valence-corrected chi connectivity index (χ4v) is 1.34. The largest absolute Gasteiger partial charge is 0.379 e. The number of ether oxygens (including phenoxy) is 1. The van der Waals surface area contributed by atoms with Crippen molar-refractivity contribution in [2.45, 2.75) is 33.7 Å². The van der Waals surface area contributed by atoms with E-state index in [2.05, 4.69) is 30.3 Å². The Morgan fingerprint density at radius 1 is 1.50 bits per heavy atom. The van der Waals surface area contributed by atoms with Crippen LogP contribution < -0.4 is 0 Å². The summed E-state index contributed by atoms with van der Waals surface area (Å²) in [5, 5.41) is 0. The first-order valence-corrected chi connectivity index (χ1v) is 5.31. The molecule has 0 N–H and O–H groups in total. The number of rotatable bonds is 6. The van der Waals surface area contributed by atoms with Gasteiger partial charge in [-0.2, -0.15) is 0 Å². The number of imidazole rings is 1. The van der Waals surface area contributed by atoms with Gasteiger partial charge in [0.1, 0.15) is 5.82 Å². The fraction of sp³-hybridized carbons (Fsp3) is 0.727. The molecule has 0 bridgehead atoms. The van der Waals surface area contributed by atoms with Gasteiger partial charge in [-0.05, 0) is 5.92 Å². The first-order chi connectivity index (χ1) is 6.74. The van der Waals surface area contributed by atoms with E-state index >= 15 is 0 Å². The van der Waals surface area contributed by atoms with Gasteiger partial charge in [-0.1, -0.05) is 20.8 Å². The molecule has 0 aliphatic carbocycles. The molecule has 3 nitrogen and oxygen atoms in total.